The average Bonchev–Trinajstić information content (AvgIpc) is 2.98. The van der Waals surface area contributed by atoms with Crippen molar-refractivity contribution in [2.24, 2.45) is 5.92 Å². The van der Waals surface area contributed by atoms with Gasteiger partial charge in [-0.05, 0) is 24.3 Å². The maximum absolute atomic E-state index is 11.7. The summed E-state index contributed by atoms with van der Waals surface area (Å²) in [5.74, 6) is 0.404. The SMILES string of the molecule is O=C(NC(CO)CC1CCOC1)OCc1ccccc1. The molecule has 0 spiro atoms. The first-order chi connectivity index (χ1) is 9.78. The van der Waals surface area contributed by atoms with Crippen LogP contribution in [0.3, 0.4) is 0 Å². The van der Waals surface area contributed by atoms with Crippen molar-refractivity contribution >= 4 is 6.09 Å². The third-order valence-corrected chi connectivity index (χ3v) is 3.40. The second-order valence-electron chi connectivity index (χ2n) is 5.05. The molecule has 0 radical (unpaired) electrons. The second-order valence-corrected chi connectivity index (χ2v) is 5.05. The quantitative estimate of drug-likeness (QED) is 0.831. The van der Waals surface area contributed by atoms with Gasteiger partial charge in [-0.25, -0.2) is 4.79 Å². The lowest BCUT2D eigenvalue weighted by molar-refractivity contribution is 0.124. The van der Waals surface area contributed by atoms with E-state index in [-0.39, 0.29) is 19.3 Å². The zero-order valence-electron chi connectivity index (χ0n) is 11.5. The number of benzene rings is 1. The van der Waals surface area contributed by atoms with Gasteiger partial charge in [0.25, 0.3) is 0 Å². The van der Waals surface area contributed by atoms with Crippen LogP contribution in [0, 0.1) is 5.92 Å². The summed E-state index contributed by atoms with van der Waals surface area (Å²) in [7, 11) is 0. The number of alkyl carbamates (subject to hydrolysis) is 1. The van der Waals surface area contributed by atoms with Crippen molar-refractivity contribution in [2.75, 3.05) is 19.8 Å². The molecule has 0 saturated carbocycles. The molecule has 1 heterocycles. The van der Waals surface area contributed by atoms with E-state index >= 15 is 0 Å². The lowest BCUT2D eigenvalue weighted by Crippen LogP contribution is -2.39. The molecular formula is C15H21NO4. The fourth-order valence-electron chi connectivity index (χ4n) is 2.28. The first kappa shape index (κ1) is 14.8. The lowest BCUT2D eigenvalue weighted by atomic mass is 10.00. The van der Waals surface area contributed by atoms with Crippen LogP contribution in [0.1, 0.15) is 18.4 Å². The van der Waals surface area contributed by atoms with Crippen LogP contribution in [0.2, 0.25) is 0 Å². The minimum atomic E-state index is -0.494. The van der Waals surface area contributed by atoms with E-state index in [4.69, 9.17) is 9.47 Å². The Labute approximate surface area is 118 Å². The highest BCUT2D eigenvalue weighted by atomic mass is 16.5. The summed E-state index contributed by atoms with van der Waals surface area (Å²) >= 11 is 0. The van der Waals surface area contributed by atoms with Gasteiger partial charge in [0, 0.05) is 13.2 Å². The van der Waals surface area contributed by atoms with Crippen molar-refractivity contribution in [2.45, 2.75) is 25.5 Å². The zero-order valence-corrected chi connectivity index (χ0v) is 11.5. The molecule has 110 valence electrons. The van der Waals surface area contributed by atoms with E-state index in [9.17, 15) is 9.90 Å². The summed E-state index contributed by atoms with van der Waals surface area (Å²) in [5.41, 5.74) is 0.937. The number of carbonyl (C=O) groups is 1. The fraction of sp³-hybridized carbons (Fsp3) is 0.533. The van der Waals surface area contributed by atoms with E-state index in [2.05, 4.69) is 5.32 Å². The number of amides is 1. The van der Waals surface area contributed by atoms with E-state index in [0.717, 1.165) is 25.0 Å². The van der Waals surface area contributed by atoms with Gasteiger partial charge in [0.1, 0.15) is 6.61 Å². The van der Waals surface area contributed by atoms with Crippen LogP contribution >= 0.6 is 0 Å². The van der Waals surface area contributed by atoms with E-state index in [0.29, 0.717) is 12.5 Å². The monoisotopic (exact) mass is 279 g/mol. The molecule has 20 heavy (non-hydrogen) atoms. The standard InChI is InChI=1S/C15H21NO4/c17-9-14(8-13-6-7-19-10-13)16-15(18)20-11-12-4-2-1-3-5-12/h1-5,13-14,17H,6-11H2,(H,16,18). The van der Waals surface area contributed by atoms with Crippen LogP contribution in [0.4, 0.5) is 4.79 Å². The first-order valence-electron chi connectivity index (χ1n) is 6.93. The number of rotatable bonds is 6. The number of hydrogen-bond acceptors (Lipinski definition) is 4. The van der Waals surface area contributed by atoms with Gasteiger partial charge in [0.05, 0.1) is 12.6 Å². The van der Waals surface area contributed by atoms with Gasteiger partial charge in [-0.15, -0.1) is 0 Å². The van der Waals surface area contributed by atoms with Crippen molar-refractivity contribution in [3.8, 4) is 0 Å². The van der Waals surface area contributed by atoms with Gasteiger partial charge in [0.15, 0.2) is 0 Å². The average molecular weight is 279 g/mol. The molecule has 2 N–H and O–H groups in total. The van der Waals surface area contributed by atoms with Crippen LogP contribution in [-0.2, 0) is 16.1 Å². The molecule has 1 aromatic carbocycles. The molecule has 0 aliphatic carbocycles. The minimum absolute atomic E-state index is 0.0864. The van der Waals surface area contributed by atoms with Crippen molar-refractivity contribution in [1.29, 1.82) is 0 Å². The smallest absolute Gasteiger partial charge is 0.407 e. The maximum Gasteiger partial charge on any atom is 0.407 e. The Kier molecular flexibility index (Phi) is 5.83. The van der Waals surface area contributed by atoms with Crippen molar-refractivity contribution in [3.63, 3.8) is 0 Å². The van der Waals surface area contributed by atoms with E-state index < -0.39 is 6.09 Å². The van der Waals surface area contributed by atoms with E-state index in [1.807, 2.05) is 30.3 Å². The second kappa shape index (κ2) is 7.87. The van der Waals surface area contributed by atoms with Crippen LogP contribution in [0.15, 0.2) is 30.3 Å². The molecule has 1 aromatic rings. The summed E-state index contributed by atoms with van der Waals surface area (Å²) in [4.78, 5) is 11.7. The number of ether oxygens (including phenoxy) is 2. The summed E-state index contributed by atoms with van der Waals surface area (Å²) in [5, 5.41) is 12.0. The maximum atomic E-state index is 11.7. The number of nitrogens with one attached hydrogen (secondary N) is 1. The highest BCUT2D eigenvalue weighted by molar-refractivity contribution is 5.67. The molecule has 1 aliphatic heterocycles. The summed E-state index contributed by atoms with van der Waals surface area (Å²) in [6, 6.07) is 9.22. The normalized spacial score (nSPS) is 19.6. The molecule has 0 aromatic heterocycles. The fourth-order valence-corrected chi connectivity index (χ4v) is 2.28. The van der Waals surface area contributed by atoms with Gasteiger partial charge < -0.3 is 19.9 Å². The van der Waals surface area contributed by atoms with Gasteiger partial charge in [-0.2, -0.15) is 0 Å². The van der Waals surface area contributed by atoms with Crippen molar-refractivity contribution < 1.29 is 19.4 Å². The Morgan fingerprint density at radius 1 is 1.45 bits per heavy atom. The van der Waals surface area contributed by atoms with Gasteiger partial charge in [0.2, 0.25) is 0 Å². The zero-order chi connectivity index (χ0) is 14.2. The first-order valence-corrected chi connectivity index (χ1v) is 6.93. The van der Waals surface area contributed by atoms with Crippen LogP contribution in [0.25, 0.3) is 0 Å². The number of carbonyl (C=O) groups excluding carboxylic acids is 1. The topological polar surface area (TPSA) is 67.8 Å². The Hall–Kier alpha value is -1.59. The van der Waals surface area contributed by atoms with Crippen molar-refractivity contribution in [3.05, 3.63) is 35.9 Å². The summed E-state index contributed by atoms with van der Waals surface area (Å²) < 4.78 is 10.4. The lowest BCUT2D eigenvalue weighted by Gasteiger charge is -2.19. The van der Waals surface area contributed by atoms with Gasteiger partial charge in [-0.1, -0.05) is 30.3 Å². The van der Waals surface area contributed by atoms with Gasteiger partial charge >= 0.3 is 6.09 Å². The number of aliphatic hydroxyl groups is 1. The van der Waals surface area contributed by atoms with Crippen LogP contribution < -0.4 is 5.32 Å². The summed E-state index contributed by atoms with van der Waals surface area (Å²) in [6.07, 6.45) is 1.21. The van der Waals surface area contributed by atoms with Crippen LogP contribution in [-0.4, -0.2) is 37.1 Å². The molecule has 5 heteroatoms. The minimum Gasteiger partial charge on any atom is -0.445 e. The summed E-state index contributed by atoms with van der Waals surface area (Å²) in [6.45, 7) is 1.62. The van der Waals surface area contributed by atoms with E-state index in [1.54, 1.807) is 0 Å². The molecule has 2 atom stereocenters. The predicted octanol–water partition coefficient (Wildman–Crippen LogP) is 1.70. The molecule has 1 amide bonds. The highest BCUT2D eigenvalue weighted by Gasteiger charge is 2.21. The number of aliphatic hydroxyl groups excluding tert-OH is 1. The third-order valence-electron chi connectivity index (χ3n) is 3.40. The van der Waals surface area contributed by atoms with Gasteiger partial charge in [-0.3, -0.25) is 0 Å². The Balaban J connectivity index is 1.71. The highest BCUT2D eigenvalue weighted by Crippen LogP contribution is 2.18. The Morgan fingerprint density at radius 3 is 2.90 bits per heavy atom. The molecule has 2 rings (SSSR count). The predicted molar refractivity (Wildman–Crippen MR) is 74.2 cm³/mol. The molecule has 1 fully saturated rings. The molecule has 1 aliphatic rings. The molecule has 2 unspecified atom stereocenters. The van der Waals surface area contributed by atoms with Crippen LogP contribution in [0.5, 0.6) is 0 Å². The van der Waals surface area contributed by atoms with E-state index in [1.165, 1.54) is 0 Å². The Morgan fingerprint density at radius 2 is 2.25 bits per heavy atom. The molecule has 0 bridgehead atoms. The van der Waals surface area contributed by atoms with Crippen molar-refractivity contribution in [1.82, 2.24) is 5.32 Å². The molecule has 5 nitrogen and oxygen atoms in total. The third kappa shape index (κ3) is 4.83. The molecular weight excluding hydrogens is 258 g/mol. The molecule has 1 saturated heterocycles. The largest absolute Gasteiger partial charge is 0.445 e. The number of hydrogen-bond donors (Lipinski definition) is 2. The Bertz CT molecular complexity index is 404.